The van der Waals surface area contributed by atoms with Crippen molar-refractivity contribution >= 4 is 29.3 Å². The number of nitrogens with zero attached hydrogens (tertiary/aromatic N) is 3. The van der Waals surface area contributed by atoms with Crippen LogP contribution in [0.5, 0.6) is 0 Å². The van der Waals surface area contributed by atoms with Gasteiger partial charge in [-0.2, -0.15) is 0 Å². The quantitative estimate of drug-likeness (QED) is 0.461. The molecule has 3 N–H and O–H groups in total. The minimum atomic E-state index is -0.532. The highest BCUT2D eigenvalue weighted by molar-refractivity contribution is 6.01. The summed E-state index contributed by atoms with van der Waals surface area (Å²) in [7, 11) is 0. The predicted octanol–water partition coefficient (Wildman–Crippen LogP) is 2.71. The van der Waals surface area contributed by atoms with Crippen molar-refractivity contribution in [1.82, 2.24) is 20.7 Å². The minimum Gasteiger partial charge on any atom is -0.443 e. The number of nitrogens with one attached hydrogen (secondary N) is 3. The van der Waals surface area contributed by atoms with E-state index in [0.717, 1.165) is 65.1 Å². The number of hydrazine groups is 1. The predicted molar refractivity (Wildman–Crippen MR) is 143 cm³/mol. The molecule has 4 rings (SSSR count). The Morgan fingerprint density at radius 2 is 1.79 bits per heavy atom. The van der Waals surface area contributed by atoms with E-state index in [9.17, 15) is 18.8 Å². The Morgan fingerprint density at radius 3 is 2.42 bits per heavy atom. The number of piperidine rings is 2. The normalized spacial score (nSPS) is 22.2. The number of hydrogen-bond acceptors (Lipinski definition) is 8. The van der Waals surface area contributed by atoms with E-state index in [1.807, 2.05) is 25.8 Å². The summed E-state index contributed by atoms with van der Waals surface area (Å²) in [4.78, 5) is 39.8. The molecule has 3 heterocycles. The maximum atomic E-state index is 14.9. The first-order valence-corrected chi connectivity index (χ1v) is 13.7. The van der Waals surface area contributed by atoms with Gasteiger partial charge in [0.05, 0.1) is 5.69 Å². The maximum Gasteiger partial charge on any atom is 0.422 e. The van der Waals surface area contributed by atoms with Gasteiger partial charge in [0.1, 0.15) is 17.5 Å². The number of carbonyl (C=O) groups is 3. The average molecular weight is 533 g/mol. The van der Waals surface area contributed by atoms with E-state index in [1.165, 1.54) is 6.07 Å². The van der Waals surface area contributed by atoms with Crippen molar-refractivity contribution in [2.24, 2.45) is 5.92 Å². The van der Waals surface area contributed by atoms with E-state index in [2.05, 4.69) is 25.9 Å². The molecule has 3 aliphatic heterocycles. The molecular weight excluding hydrogens is 491 g/mol. The molecule has 3 saturated heterocycles. The molecule has 3 amide bonds. The lowest BCUT2D eigenvalue weighted by Crippen LogP contribution is -2.49. The Morgan fingerprint density at radius 1 is 1.08 bits per heavy atom. The van der Waals surface area contributed by atoms with Crippen LogP contribution in [-0.2, 0) is 14.3 Å². The molecule has 0 spiro atoms. The number of anilines is 2. The van der Waals surface area contributed by atoms with E-state index >= 15 is 0 Å². The first-order chi connectivity index (χ1) is 18.1. The van der Waals surface area contributed by atoms with E-state index < -0.39 is 17.7 Å². The number of rotatable bonds is 7. The molecule has 1 aromatic rings. The largest absolute Gasteiger partial charge is 0.443 e. The molecule has 0 bridgehead atoms. The fraction of sp³-hybridized carbons (Fsp3) is 0.667. The first-order valence-electron chi connectivity index (χ1n) is 13.7. The van der Waals surface area contributed by atoms with Gasteiger partial charge >= 0.3 is 6.09 Å². The van der Waals surface area contributed by atoms with Crippen LogP contribution in [0.4, 0.5) is 20.6 Å². The van der Waals surface area contributed by atoms with Crippen LogP contribution in [0.1, 0.15) is 52.9 Å². The zero-order valence-corrected chi connectivity index (χ0v) is 22.7. The Kier molecular flexibility index (Phi) is 9.09. The van der Waals surface area contributed by atoms with Gasteiger partial charge < -0.3 is 15.0 Å². The zero-order chi connectivity index (χ0) is 27.3. The second-order valence-electron chi connectivity index (χ2n) is 11.5. The lowest BCUT2D eigenvalue weighted by molar-refractivity contribution is -0.133. The number of benzene rings is 1. The molecule has 0 unspecified atom stereocenters. The summed E-state index contributed by atoms with van der Waals surface area (Å²) in [5.74, 6) is -0.328. The standard InChI is InChI=1S/C27H41FN6O4/c1-27(2,3)38-26(37)31-34-12-9-19(10-13-34)8-11-32-14-16-33(17-15-32)23-6-4-20(18-21(23)28)29-22-5-7-24(35)30-25(22)36/h4,6,18-19,22,29H,5,7-17H2,1-3H3,(H,31,37)(H,30,35,36)/t22-/m0/s1. The van der Waals surface area contributed by atoms with Crippen LogP contribution in [0.2, 0.25) is 0 Å². The number of hydrogen-bond donors (Lipinski definition) is 3. The molecule has 11 heteroatoms. The molecule has 210 valence electrons. The number of ether oxygens (including phenoxy) is 1. The van der Waals surface area contributed by atoms with Crippen LogP contribution >= 0.6 is 0 Å². The summed E-state index contributed by atoms with van der Waals surface area (Å²) in [6, 6.07) is 4.45. The fourth-order valence-electron chi connectivity index (χ4n) is 5.23. The van der Waals surface area contributed by atoms with E-state index in [0.29, 0.717) is 23.7 Å². The van der Waals surface area contributed by atoms with Gasteiger partial charge in [0, 0.05) is 51.4 Å². The Bertz CT molecular complexity index is 1000. The second-order valence-corrected chi connectivity index (χ2v) is 11.5. The van der Waals surface area contributed by atoms with E-state index in [1.54, 1.807) is 12.1 Å². The number of halogens is 1. The highest BCUT2D eigenvalue weighted by Crippen LogP contribution is 2.26. The third kappa shape index (κ3) is 8.04. The molecule has 3 aliphatic rings. The van der Waals surface area contributed by atoms with E-state index in [-0.39, 0.29) is 24.1 Å². The minimum absolute atomic E-state index is 0.272. The van der Waals surface area contributed by atoms with Gasteiger partial charge in [-0.05, 0) is 77.1 Å². The van der Waals surface area contributed by atoms with Crippen LogP contribution in [0.15, 0.2) is 18.2 Å². The fourth-order valence-corrected chi connectivity index (χ4v) is 5.23. The van der Waals surface area contributed by atoms with Crippen molar-refractivity contribution in [2.45, 2.75) is 64.5 Å². The highest BCUT2D eigenvalue weighted by Gasteiger charge is 2.27. The molecule has 38 heavy (non-hydrogen) atoms. The average Bonchev–Trinajstić information content (AvgIpc) is 2.85. The van der Waals surface area contributed by atoms with Crippen LogP contribution < -0.4 is 21.0 Å². The van der Waals surface area contributed by atoms with Crippen LogP contribution in [-0.4, -0.2) is 85.3 Å². The highest BCUT2D eigenvalue weighted by atomic mass is 19.1. The van der Waals surface area contributed by atoms with Gasteiger partial charge in [-0.3, -0.25) is 25.2 Å². The van der Waals surface area contributed by atoms with Crippen LogP contribution in [0.25, 0.3) is 0 Å². The molecule has 1 atom stereocenters. The van der Waals surface area contributed by atoms with Gasteiger partial charge in [0.25, 0.3) is 0 Å². The lowest BCUT2D eigenvalue weighted by atomic mass is 9.94. The summed E-state index contributed by atoms with van der Waals surface area (Å²) >= 11 is 0. The topological polar surface area (TPSA) is 106 Å². The Labute approximate surface area is 224 Å². The number of amides is 3. The van der Waals surface area contributed by atoms with Crippen molar-refractivity contribution in [3.8, 4) is 0 Å². The number of imide groups is 1. The van der Waals surface area contributed by atoms with Crippen molar-refractivity contribution in [2.75, 3.05) is 56.0 Å². The Hall–Kier alpha value is -2.92. The van der Waals surface area contributed by atoms with Gasteiger partial charge in [-0.25, -0.2) is 14.2 Å². The Balaban J connectivity index is 1.16. The van der Waals surface area contributed by atoms with Gasteiger partial charge in [-0.15, -0.1) is 0 Å². The lowest BCUT2D eigenvalue weighted by Gasteiger charge is -2.38. The summed E-state index contributed by atoms with van der Waals surface area (Å²) in [6.07, 6.45) is 3.48. The van der Waals surface area contributed by atoms with Crippen molar-refractivity contribution < 1.29 is 23.5 Å². The van der Waals surface area contributed by atoms with Crippen LogP contribution in [0.3, 0.4) is 0 Å². The summed E-state index contributed by atoms with van der Waals surface area (Å²) in [6.45, 7) is 11.5. The summed E-state index contributed by atoms with van der Waals surface area (Å²) in [5.41, 5.74) is 3.45. The smallest absolute Gasteiger partial charge is 0.422 e. The maximum absolute atomic E-state index is 14.9. The monoisotopic (exact) mass is 532 g/mol. The molecular formula is C27H41FN6O4. The van der Waals surface area contributed by atoms with Crippen molar-refractivity contribution in [1.29, 1.82) is 0 Å². The third-order valence-corrected chi connectivity index (χ3v) is 7.36. The first kappa shape index (κ1) is 28.1. The summed E-state index contributed by atoms with van der Waals surface area (Å²) in [5, 5.41) is 7.29. The molecule has 0 aliphatic carbocycles. The number of carbonyl (C=O) groups excluding carboxylic acids is 3. The van der Waals surface area contributed by atoms with Gasteiger partial charge in [0.15, 0.2) is 0 Å². The van der Waals surface area contributed by atoms with Crippen LogP contribution in [0, 0.1) is 11.7 Å². The zero-order valence-electron chi connectivity index (χ0n) is 22.7. The molecule has 10 nitrogen and oxygen atoms in total. The SMILES string of the molecule is CC(C)(C)OC(=O)NN1CCC(CCN2CCN(c3ccc(N[C@H]4CCC(=O)NC4=O)cc3F)CC2)CC1. The molecule has 1 aromatic carbocycles. The van der Waals surface area contributed by atoms with Crippen molar-refractivity contribution in [3.63, 3.8) is 0 Å². The third-order valence-electron chi connectivity index (χ3n) is 7.36. The molecule has 3 fully saturated rings. The second kappa shape index (κ2) is 12.3. The molecule has 0 aromatic heterocycles. The van der Waals surface area contributed by atoms with E-state index in [4.69, 9.17) is 4.74 Å². The van der Waals surface area contributed by atoms with Gasteiger partial charge in [0.2, 0.25) is 11.8 Å². The summed E-state index contributed by atoms with van der Waals surface area (Å²) < 4.78 is 20.3. The van der Waals surface area contributed by atoms with Crippen molar-refractivity contribution in [3.05, 3.63) is 24.0 Å². The number of piperazine rings is 1. The van der Waals surface area contributed by atoms with Gasteiger partial charge in [-0.1, -0.05) is 0 Å². The molecule has 0 saturated carbocycles. The molecule has 0 radical (unpaired) electrons.